The summed E-state index contributed by atoms with van der Waals surface area (Å²) in [6, 6.07) is 17.8. The summed E-state index contributed by atoms with van der Waals surface area (Å²) in [4.78, 5) is 1.33. The van der Waals surface area contributed by atoms with Gasteiger partial charge in [0.05, 0.1) is 0 Å². The van der Waals surface area contributed by atoms with Crippen molar-refractivity contribution < 1.29 is 0 Å². The SMILES string of the molecule is CNCCCCc1ccccc1Cc1ccc(SC)cc1. The van der Waals surface area contributed by atoms with E-state index >= 15 is 0 Å². The Labute approximate surface area is 133 Å². The maximum Gasteiger partial charge on any atom is 0.00693 e. The Morgan fingerprint density at radius 1 is 0.905 bits per heavy atom. The van der Waals surface area contributed by atoms with Crippen LogP contribution in [0.3, 0.4) is 0 Å². The summed E-state index contributed by atoms with van der Waals surface area (Å²) in [5.41, 5.74) is 4.37. The highest BCUT2D eigenvalue weighted by Gasteiger charge is 2.03. The van der Waals surface area contributed by atoms with E-state index in [1.165, 1.54) is 40.8 Å². The van der Waals surface area contributed by atoms with Gasteiger partial charge in [-0.25, -0.2) is 0 Å². The lowest BCUT2D eigenvalue weighted by atomic mass is 9.96. The van der Waals surface area contributed by atoms with Crippen LogP contribution >= 0.6 is 11.8 Å². The van der Waals surface area contributed by atoms with Crippen molar-refractivity contribution in [1.29, 1.82) is 0 Å². The third-order valence-corrected chi connectivity index (χ3v) is 4.54. The molecule has 0 atom stereocenters. The molecule has 2 heteroatoms. The Kier molecular flexibility index (Phi) is 6.84. The van der Waals surface area contributed by atoms with E-state index in [2.05, 4.69) is 60.1 Å². The van der Waals surface area contributed by atoms with E-state index in [9.17, 15) is 0 Å². The lowest BCUT2D eigenvalue weighted by Crippen LogP contribution is -2.07. The minimum Gasteiger partial charge on any atom is -0.320 e. The van der Waals surface area contributed by atoms with Gasteiger partial charge in [0.25, 0.3) is 0 Å². The summed E-state index contributed by atoms with van der Waals surface area (Å²) in [7, 11) is 2.02. The summed E-state index contributed by atoms with van der Waals surface area (Å²) in [5, 5.41) is 3.22. The lowest BCUT2D eigenvalue weighted by Gasteiger charge is -2.10. The highest BCUT2D eigenvalue weighted by Crippen LogP contribution is 2.19. The molecule has 0 aliphatic heterocycles. The van der Waals surface area contributed by atoms with Crippen LogP contribution in [-0.4, -0.2) is 19.8 Å². The summed E-state index contributed by atoms with van der Waals surface area (Å²) in [6.45, 7) is 1.11. The maximum absolute atomic E-state index is 3.22. The molecule has 0 spiro atoms. The Hall–Kier alpha value is -1.25. The quantitative estimate of drug-likeness (QED) is 0.567. The summed E-state index contributed by atoms with van der Waals surface area (Å²) >= 11 is 1.80. The largest absolute Gasteiger partial charge is 0.320 e. The van der Waals surface area contributed by atoms with Gasteiger partial charge in [-0.05, 0) is 74.4 Å². The third kappa shape index (κ3) is 5.22. The molecule has 0 amide bonds. The molecule has 0 fully saturated rings. The standard InChI is InChI=1S/C19H25NS/c1-20-14-6-5-8-17-7-3-4-9-18(17)15-16-10-12-19(21-2)13-11-16/h3-4,7,9-13,20H,5-6,8,14-15H2,1-2H3. The van der Waals surface area contributed by atoms with Crippen molar-refractivity contribution in [2.24, 2.45) is 0 Å². The zero-order valence-corrected chi connectivity index (χ0v) is 13.9. The van der Waals surface area contributed by atoms with E-state index in [0.29, 0.717) is 0 Å². The van der Waals surface area contributed by atoms with E-state index in [0.717, 1.165) is 13.0 Å². The van der Waals surface area contributed by atoms with Crippen LogP contribution in [0.5, 0.6) is 0 Å². The molecule has 2 rings (SSSR count). The fourth-order valence-corrected chi connectivity index (χ4v) is 2.96. The number of benzene rings is 2. The topological polar surface area (TPSA) is 12.0 Å². The number of nitrogens with one attached hydrogen (secondary N) is 1. The molecule has 0 aromatic heterocycles. The molecule has 0 bridgehead atoms. The second-order valence-corrected chi connectivity index (χ2v) is 6.23. The Bertz CT molecular complexity index is 534. The van der Waals surface area contributed by atoms with Gasteiger partial charge in [-0.15, -0.1) is 11.8 Å². The summed E-state index contributed by atoms with van der Waals surface area (Å²) in [6.07, 6.45) is 6.84. The summed E-state index contributed by atoms with van der Waals surface area (Å²) < 4.78 is 0. The average molecular weight is 299 g/mol. The molecular formula is C19H25NS. The molecule has 21 heavy (non-hydrogen) atoms. The number of aryl methyl sites for hydroxylation is 1. The van der Waals surface area contributed by atoms with E-state index in [1.54, 1.807) is 11.8 Å². The van der Waals surface area contributed by atoms with Crippen molar-refractivity contribution >= 4 is 11.8 Å². The molecule has 1 N–H and O–H groups in total. The zero-order valence-electron chi connectivity index (χ0n) is 13.1. The van der Waals surface area contributed by atoms with Gasteiger partial charge in [0.2, 0.25) is 0 Å². The van der Waals surface area contributed by atoms with Crippen LogP contribution in [0.2, 0.25) is 0 Å². The number of thioether (sulfide) groups is 1. The van der Waals surface area contributed by atoms with Crippen molar-refractivity contribution in [2.75, 3.05) is 19.8 Å². The molecule has 0 unspecified atom stereocenters. The smallest absolute Gasteiger partial charge is 0.00693 e. The van der Waals surface area contributed by atoms with Crippen LogP contribution < -0.4 is 5.32 Å². The van der Waals surface area contributed by atoms with Gasteiger partial charge >= 0.3 is 0 Å². The molecule has 0 saturated carbocycles. The molecule has 1 nitrogen and oxygen atoms in total. The molecule has 0 radical (unpaired) electrons. The highest BCUT2D eigenvalue weighted by molar-refractivity contribution is 7.98. The van der Waals surface area contributed by atoms with Gasteiger partial charge in [0, 0.05) is 4.90 Å². The van der Waals surface area contributed by atoms with Gasteiger partial charge in [-0.1, -0.05) is 36.4 Å². The molecule has 0 aliphatic rings. The van der Waals surface area contributed by atoms with E-state index < -0.39 is 0 Å². The molecule has 112 valence electrons. The monoisotopic (exact) mass is 299 g/mol. The number of rotatable bonds is 8. The van der Waals surface area contributed by atoms with Gasteiger partial charge in [0.15, 0.2) is 0 Å². The van der Waals surface area contributed by atoms with Crippen molar-refractivity contribution in [3.8, 4) is 0 Å². The second kappa shape index (κ2) is 8.91. The van der Waals surface area contributed by atoms with E-state index in [1.807, 2.05) is 7.05 Å². The Morgan fingerprint density at radius 2 is 1.62 bits per heavy atom. The average Bonchev–Trinajstić information content (AvgIpc) is 2.54. The fraction of sp³-hybridized carbons (Fsp3) is 0.368. The van der Waals surface area contributed by atoms with Crippen LogP contribution in [0, 0.1) is 0 Å². The normalized spacial score (nSPS) is 10.8. The molecule has 2 aromatic rings. The van der Waals surface area contributed by atoms with Gasteiger partial charge in [0.1, 0.15) is 0 Å². The number of hydrogen-bond donors (Lipinski definition) is 1. The van der Waals surface area contributed by atoms with Crippen molar-refractivity contribution in [3.05, 3.63) is 65.2 Å². The third-order valence-electron chi connectivity index (χ3n) is 3.79. The Morgan fingerprint density at radius 3 is 2.29 bits per heavy atom. The van der Waals surface area contributed by atoms with Crippen LogP contribution in [0.15, 0.2) is 53.4 Å². The van der Waals surface area contributed by atoms with Gasteiger partial charge in [-0.3, -0.25) is 0 Å². The van der Waals surface area contributed by atoms with Crippen molar-refractivity contribution in [1.82, 2.24) is 5.32 Å². The van der Waals surface area contributed by atoms with Gasteiger partial charge < -0.3 is 5.32 Å². The van der Waals surface area contributed by atoms with E-state index in [4.69, 9.17) is 0 Å². The van der Waals surface area contributed by atoms with Gasteiger partial charge in [-0.2, -0.15) is 0 Å². The predicted molar refractivity (Wildman–Crippen MR) is 94.3 cm³/mol. The van der Waals surface area contributed by atoms with Crippen molar-refractivity contribution in [2.45, 2.75) is 30.6 Å². The maximum atomic E-state index is 3.22. The molecular weight excluding hydrogens is 274 g/mol. The van der Waals surface area contributed by atoms with Crippen LogP contribution in [0.1, 0.15) is 29.5 Å². The van der Waals surface area contributed by atoms with Crippen molar-refractivity contribution in [3.63, 3.8) is 0 Å². The lowest BCUT2D eigenvalue weighted by molar-refractivity contribution is 0.675. The zero-order chi connectivity index (χ0) is 14.9. The number of hydrogen-bond acceptors (Lipinski definition) is 2. The summed E-state index contributed by atoms with van der Waals surface area (Å²) in [5.74, 6) is 0. The molecule has 0 aliphatic carbocycles. The second-order valence-electron chi connectivity index (χ2n) is 5.35. The molecule has 0 saturated heterocycles. The predicted octanol–water partition coefficient (Wildman–Crippen LogP) is 4.54. The minimum absolute atomic E-state index is 1.04. The van der Waals surface area contributed by atoms with Crippen LogP contribution in [-0.2, 0) is 12.8 Å². The first-order valence-electron chi connectivity index (χ1n) is 7.68. The van der Waals surface area contributed by atoms with Crippen LogP contribution in [0.4, 0.5) is 0 Å². The molecule has 0 heterocycles. The first-order chi connectivity index (χ1) is 10.3. The fourth-order valence-electron chi connectivity index (χ4n) is 2.55. The first-order valence-corrected chi connectivity index (χ1v) is 8.90. The molecule has 2 aromatic carbocycles. The van der Waals surface area contributed by atoms with Crippen LogP contribution in [0.25, 0.3) is 0 Å². The highest BCUT2D eigenvalue weighted by atomic mass is 32.2. The Balaban J connectivity index is 2.01. The number of unbranched alkanes of at least 4 members (excludes halogenated alkanes) is 1. The first kappa shape index (κ1) is 16.1. The minimum atomic E-state index is 1.04. The van der Waals surface area contributed by atoms with E-state index in [-0.39, 0.29) is 0 Å².